The number of amides is 2. The lowest BCUT2D eigenvalue weighted by Gasteiger charge is -2.44. The highest BCUT2D eigenvalue weighted by Crippen LogP contribution is 2.38. The molecule has 0 bridgehead atoms. The maximum atomic E-state index is 13.6. The molecule has 1 saturated carbocycles. The molecule has 2 amide bonds. The van der Waals surface area contributed by atoms with Crippen LogP contribution in [-0.2, 0) is 9.59 Å². The number of carbonyl (C=O) groups excluding carboxylic acids is 2. The minimum Gasteiger partial charge on any atom is -0.390 e. The van der Waals surface area contributed by atoms with Crippen molar-refractivity contribution in [2.75, 3.05) is 18.0 Å². The molecule has 1 aliphatic carbocycles. The number of anilines is 1. The molecule has 8 nitrogen and oxygen atoms in total. The molecule has 168 valence electrons. The van der Waals surface area contributed by atoms with Crippen molar-refractivity contribution in [1.82, 2.24) is 10.2 Å². The molecular weight excluding hydrogens is 416 g/mol. The molecular formula is C22H30N4O4S. The van der Waals surface area contributed by atoms with E-state index in [1.54, 1.807) is 4.90 Å². The summed E-state index contributed by atoms with van der Waals surface area (Å²) in [6.07, 6.45) is -0.797. The van der Waals surface area contributed by atoms with E-state index in [4.69, 9.17) is 18.0 Å². The van der Waals surface area contributed by atoms with Crippen LogP contribution < -0.4 is 16.0 Å². The number of fused-ring (bicyclic) bond motifs is 1. The topological polar surface area (TPSA) is 119 Å². The summed E-state index contributed by atoms with van der Waals surface area (Å²) in [6, 6.07) is 5.14. The van der Waals surface area contributed by atoms with Crippen molar-refractivity contribution in [2.24, 2.45) is 17.6 Å². The summed E-state index contributed by atoms with van der Waals surface area (Å²) in [7, 11) is 0. The van der Waals surface area contributed by atoms with Crippen LogP contribution in [0, 0.1) is 25.7 Å². The summed E-state index contributed by atoms with van der Waals surface area (Å²) < 4.78 is 0. The van der Waals surface area contributed by atoms with Crippen LogP contribution in [-0.4, -0.2) is 69.4 Å². The number of primary amides is 1. The maximum absolute atomic E-state index is 13.6. The van der Waals surface area contributed by atoms with E-state index in [9.17, 15) is 19.8 Å². The lowest BCUT2D eigenvalue weighted by molar-refractivity contribution is -0.144. The number of aliphatic hydroxyl groups excluding tert-OH is 2. The number of aliphatic hydroxyl groups is 2. The van der Waals surface area contributed by atoms with Crippen molar-refractivity contribution >= 4 is 34.8 Å². The highest BCUT2D eigenvalue weighted by Gasteiger charge is 2.54. The number of nitrogens with one attached hydrogen (secondary N) is 1. The molecule has 2 saturated heterocycles. The molecule has 0 aromatic heterocycles. The maximum Gasteiger partial charge on any atom is 0.227 e. The van der Waals surface area contributed by atoms with Crippen LogP contribution in [0.25, 0.3) is 0 Å². The second-order valence-corrected chi connectivity index (χ2v) is 9.47. The summed E-state index contributed by atoms with van der Waals surface area (Å²) in [5, 5.41) is 24.8. The Kier molecular flexibility index (Phi) is 5.93. The van der Waals surface area contributed by atoms with Crippen LogP contribution in [0.3, 0.4) is 0 Å². The van der Waals surface area contributed by atoms with Gasteiger partial charge < -0.3 is 31.1 Å². The van der Waals surface area contributed by atoms with Gasteiger partial charge in [0.15, 0.2) is 5.11 Å². The van der Waals surface area contributed by atoms with Crippen molar-refractivity contribution in [3.8, 4) is 0 Å². The zero-order chi connectivity index (χ0) is 22.4. The van der Waals surface area contributed by atoms with Gasteiger partial charge in [-0.05, 0) is 68.6 Å². The third kappa shape index (κ3) is 4.02. The van der Waals surface area contributed by atoms with Gasteiger partial charge in [-0.15, -0.1) is 0 Å². The van der Waals surface area contributed by atoms with Crippen molar-refractivity contribution in [3.63, 3.8) is 0 Å². The molecule has 0 spiro atoms. The first kappa shape index (κ1) is 22.0. The predicted molar refractivity (Wildman–Crippen MR) is 120 cm³/mol. The van der Waals surface area contributed by atoms with E-state index in [1.165, 1.54) is 0 Å². The molecule has 31 heavy (non-hydrogen) atoms. The van der Waals surface area contributed by atoms with Crippen LogP contribution in [0.4, 0.5) is 5.69 Å². The number of thiocarbonyl (C=S) groups is 1. The third-order valence-electron chi connectivity index (χ3n) is 6.86. The number of nitrogens with two attached hydrogens (primary N) is 1. The Morgan fingerprint density at radius 2 is 1.74 bits per heavy atom. The predicted octanol–water partition coefficient (Wildman–Crippen LogP) is 0.201. The van der Waals surface area contributed by atoms with E-state index in [0.717, 1.165) is 16.8 Å². The van der Waals surface area contributed by atoms with Crippen molar-refractivity contribution in [1.29, 1.82) is 0 Å². The quantitative estimate of drug-likeness (QED) is 0.490. The molecule has 2 aliphatic heterocycles. The van der Waals surface area contributed by atoms with Crippen LogP contribution in [0.15, 0.2) is 18.2 Å². The minimum absolute atomic E-state index is 0.0789. The van der Waals surface area contributed by atoms with Crippen molar-refractivity contribution in [2.45, 2.75) is 57.4 Å². The van der Waals surface area contributed by atoms with Crippen LogP contribution in [0.2, 0.25) is 0 Å². The van der Waals surface area contributed by atoms with Crippen LogP contribution in [0.5, 0.6) is 0 Å². The first-order valence-electron chi connectivity index (χ1n) is 10.8. The van der Waals surface area contributed by atoms with Gasteiger partial charge in [0.2, 0.25) is 11.8 Å². The van der Waals surface area contributed by atoms with Gasteiger partial charge >= 0.3 is 0 Å². The average molecular weight is 447 g/mol. The van der Waals surface area contributed by atoms with Gasteiger partial charge in [0.1, 0.15) is 6.10 Å². The molecule has 5 atom stereocenters. The summed E-state index contributed by atoms with van der Waals surface area (Å²) >= 11 is 5.60. The molecule has 3 fully saturated rings. The van der Waals surface area contributed by atoms with Crippen molar-refractivity contribution in [3.05, 3.63) is 29.3 Å². The number of hydrogen-bond acceptors (Lipinski definition) is 5. The number of rotatable bonds is 3. The number of aryl methyl sites for hydroxylation is 2. The molecule has 9 heteroatoms. The summed E-state index contributed by atoms with van der Waals surface area (Å²) in [5.41, 5.74) is 8.45. The number of nitrogens with zero attached hydrogens (tertiary/aromatic N) is 2. The molecule has 5 N–H and O–H groups in total. The Balaban J connectivity index is 1.64. The lowest BCUT2D eigenvalue weighted by Crippen LogP contribution is -2.61. The van der Waals surface area contributed by atoms with E-state index < -0.39 is 30.2 Å². The summed E-state index contributed by atoms with van der Waals surface area (Å²) in [4.78, 5) is 28.7. The Hall–Kier alpha value is -2.23. The molecule has 0 unspecified atom stereocenters. The number of carbonyl (C=O) groups is 2. The normalized spacial score (nSPS) is 31.4. The lowest BCUT2D eigenvalue weighted by atomic mass is 9.76. The van der Waals surface area contributed by atoms with E-state index >= 15 is 0 Å². The van der Waals surface area contributed by atoms with E-state index in [0.29, 0.717) is 31.0 Å². The molecule has 3 aliphatic rings. The molecule has 4 rings (SSSR count). The first-order valence-corrected chi connectivity index (χ1v) is 11.2. The molecule has 2 heterocycles. The Bertz CT molecular complexity index is 881. The van der Waals surface area contributed by atoms with Gasteiger partial charge in [-0.1, -0.05) is 6.07 Å². The molecule has 1 aromatic carbocycles. The fraction of sp³-hybridized carbons (Fsp3) is 0.591. The zero-order valence-corrected chi connectivity index (χ0v) is 18.6. The van der Waals surface area contributed by atoms with E-state index in [2.05, 4.69) is 11.4 Å². The second kappa shape index (κ2) is 8.37. The van der Waals surface area contributed by atoms with E-state index in [-0.39, 0.29) is 24.2 Å². The second-order valence-electron chi connectivity index (χ2n) is 9.08. The third-order valence-corrected chi connectivity index (χ3v) is 7.17. The Morgan fingerprint density at radius 3 is 2.32 bits per heavy atom. The monoisotopic (exact) mass is 446 g/mol. The standard InChI is InChI=1S/C22H30N4O4S/c1-11-7-12(2)9-14(8-11)26-18-15(10-16(27)19(28)17(18)24-22(26)31)21(30)25-5-3-13(4-6-25)20(23)29/h7-9,13,15-19,27-28H,3-6,10H2,1-2H3,(H2,23,29)(H,24,31)/t15-,16-,17-,18+,19+/m1/s1. The van der Waals surface area contributed by atoms with Gasteiger partial charge in [-0.2, -0.15) is 0 Å². The number of hydrogen-bond donors (Lipinski definition) is 4. The smallest absolute Gasteiger partial charge is 0.227 e. The number of benzene rings is 1. The van der Waals surface area contributed by atoms with Crippen molar-refractivity contribution < 1.29 is 19.8 Å². The largest absolute Gasteiger partial charge is 0.390 e. The zero-order valence-electron chi connectivity index (χ0n) is 17.8. The minimum atomic E-state index is -1.02. The molecule has 0 radical (unpaired) electrons. The highest BCUT2D eigenvalue weighted by atomic mass is 32.1. The SMILES string of the molecule is Cc1cc(C)cc(N2C(=S)N[C@H]3[C@@H](O)[C@H](O)C[C@@H](C(=O)N4CCC(C(N)=O)CC4)[C@@H]32)c1. The summed E-state index contributed by atoms with van der Waals surface area (Å²) in [5.74, 6) is -1.15. The Morgan fingerprint density at radius 1 is 1.13 bits per heavy atom. The van der Waals surface area contributed by atoms with Gasteiger partial charge in [0.25, 0.3) is 0 Å². The van der Waals surface area contributed by atoms with Gasteiger partial charge in [0.05, 0.1) is 24.1 Å². The number of likely N-dealkylation sites (tertiary alicyclic amines) is 1. The number of piperidine rings is 1. The van der Waals surface area contributed by atoms with Gasteiger partial charge in [0, 0.05) is 24.7 Å². The van der Waals surface area contributed by atoms with E-state index in [1.807, 2.05) is 30.9 Å². The Labute approximate surface area is 187 Å². The average Bonchev–Trinajstić information content (AvgIpc) is 3.06. The fourth-order valence-electron chi connectivity index (χ4n) is 5.33. The highest BCUT2D eigenvalue weighted by molar-refractivity contribution is 7.80. The van der Waals surface area contributed by atoms with Crippen LogP contribution >= 0.6 is 12.2 Å². The van der Waals surface area contributed by atoms with Crippen LogP contribution in [0.1, 0.15) is 30.4 Å². The summed E-state index contributed by atoms with van der Waals surface area (Å²) in [6.45, 7) is 4.93. The first-order chi connectivity index (χ1) is 14.7. The fourth-order valence-corrected chi connectivity index (χ4v) is 5.70. The molecule has 1 aromatic rings. The van der Waals surface area contributed by atoms with Gasteiger partial charge in [-0.25, -0.2) is 0 Å². The van der Waals surface area contributed by atoms with Gasteiger partial charge in [-0.3, -0.25) is 9.59 Å².